The van der Waals surface area contributed by atoms with Crippen LogP contribution in [0.2, 0.25) is 0 Å². The highest BCUT2D eigenvalue weighted by Gasteiger charge is 2.30. The smallest absolute Gasteiger partial charge is 0.408 e. The van der Waals surface area contributed by atoms with E-state index < -0.39 is 47.7 Å². The molecule has 2 aromatic rings. The normalized spacial score (nSPS) is 12.3. The van der Waals surface area contributed by atoms with Crippen molar-refractivity contribution in [2.24, 2.45) is 11.7 Å². The maximum absolute atomic E-state index is 13.2. The van der Waals surface area contributed by atoms with E-state index in [2.05, 4.69) is 26.6 Å². The Hall–Kier alpha value is -4.81. The summed E-state index contributed by atoms with van der Waals surface area (Å²) < 4.78 is 10.5. The molecule has 0 unspecified atom stereocenters. The molecule has 2 rings (SSSR count). The molecule has 0 aliphatic rings. The highest BCUT2D eigenvalue weighted by Crippen LogP contribution is 2.13. The first-order valence-corrected chi connectivity index (χ1v) is 14.4. The number of benzene rings is 2. The van der Waals surface area contributed by atoms with Gasteiger partial charge in [-0.25, -0.2) is 14.4 Å². The number of nitrogens with two attached hydrogens (primary N) is 1. The average molecular weight is 613 g/mol. The molecule has 0 saturated carbocycles. The van der Waals surface area contributed by atoms with Crippen molar-refractivity contribution in [3.05, 3.63) is 65.7 Å². The number of nitrogens with one attached hydrogen (secondary N) is 5. The van der Waals surface area contributed by atoms with Crippen molar-refractivity contribution < 1.29 is 33.4 Å². The first-order chi connectivity index (χ1) is 20.7. The lowest BCUT2D eigenvalue weighted by Crippen LogP contribution is -2.55. The quantitative estimate of drug-likeness (QED) is 0.176. The van der Waals surface area contributed by atoms with E-state index in [0.29, 0.717) is 12.1 Å². The van der Waals surface area contributed by atoms with Crippen molar-refractivity contribution >= 4 is 35.7 Å². The Labute approximate surface area is 258 Å². The van der Waals surface area contributed by atoms with E-state index in [0.717, 1.165) is 11.1 Å². The Morgan fingerprint density at radius 2 is 1.48 bits per heavy atom. The van der Waals surface area contributed by atoms with Crippen LogP contribution >= 0.6 is 0 Å². The first kappa shape index (κ1) is 35.4. The van der Waals surface area contributed by atoms with Gasteiger partial charge < -0.3 is 41.8 Å². The number of hydrogen-bond acceptors (Lipinski definition) is 7. The minimum Gasteiger partial charge on any atom is -0.445 e. The van der Waals surface area contributed by atoms with Crippen LogP contribution in [0.25, 0.3) is 0 Å². The van der Waals surface area contributed by atoms with E-state index in [-0.39, 0.29) is 32.0 Å². The molecule has 7 N–H and O–H groups in total. The van der Waals surface area contributed by atoms with Gasteiger partial charge in [0, 0.05) is 18.8 Å². The fourth-order valence-corrected chi connectivity index (χ4v) is 3.90. The fourth-order valence-electron chi connectivity index (χ4n) is 3.90. The monoisotopic (exact) mass is 612 g/mol. The van der Waals surface area contributed by atoms with Crippen LogP contribution in [-0.2, 0) is 32.2 Å². The van der Waals surface area contributed by atoms with Crippen LogP contribution in [-0.4, -0.2) is 54.3 Å². The van der Waals surface area contributed by atoms with E-state index in [1.165, 1.54) is 0 Å². The maximum Gasteiger partial charge on any atom is 0.408 e. The number of urea groups is 1. The number of ether oxygens (including phenoxy) is 2. The van der Waals surface area contributed by atoms with Crippen LogP contribution in [0.15, 0.2) is 54.6 Å². The molecule has 0 radical (unpaired) electrons. The lowest BCUT2D eigenvalue weighted by Gasteiger charge is -2.27. The first-order valence-electron chi connectivity index (χ1n) is 14.4. The van der Waals surface area contributed by atoms with Crippen LogP contribution < -0.4 is 32.3 Å². The van der Waals surface area contributed by atoms with Crippen molar-refractivity contribution in [3.63, 3.8) is 0 Å². The minimum absolute atomic E-state index is 0.156. The van der Waals surface area contributed by atoms with E-state index in [9.17, 15) is 24.0 Å². The van der Waals surface area contributed by atoms with Crippen LogP contribution in [0.4, 0.5) is 20.1 Å². The summed E-state index contributed by atoms with van der Waals surface area (Å²) in [6.45, 7) is 9.22. The van der Waals surface area contributed by atoms with Gasteiger partial charge in [-0.2, -0.15) is 0 Å². The summed E-state index contributed by atoms with van der Waals surface area (Å²) in [4.78, 5) is 61.9. The molecular weight excluding hydrogens is 568 g/mol. The van der Waals surface area contributed by atoms with Gasteiger partial charge in [0.15, 0.2) is 0 Å². The van der Waals surface area contributed by atoms with Gasteiger partial charge in [-0.3, -0.25) is 9.59 Å². The molecule has 0 fully saturated rings. The van der Waals surface area contributed by atoms with Gasteiger partial charge in [0.25, 0.3) is 0 Å². The predicted molar refractivity (Wildman–Crippen MR) is 165 cm³/mol. The van der Waals surface area contributed by atoms with Crippen molar-refractivity contribution in [2.75, 3.05) is 11.9 Å². The fraction of sp³-hybridized carbons (Fsp3) is 0.452. The number of primary amides is 1. The molecule has 13 nitrogen and oxygen atoms in total. The van der Waals surface area contributed by atoms with Gasteiger partial charge in [-0.15, -0.1) is 0 Å². The summed E-state index contributed by atoms with van der Waals surface area (Å²) in [7, 11) is 0. The largest absolute Gasteiger partial charge is 0.445 e. The second kappa shape index (κ2) is 17.3. The number of alkyl carbamates (subject to hydrolysis) is 2. The molecule has 0 aliphatic carbocycles. The Balaban J connectivity index is 1.99. The van der Waals surface area contributed by atoms with Gasteiger partial charge in [0.2, 0.25) is 11.8 Å². The van der Waals surface area contributed by atoms with Crippen LogP contribution in [0.3, 0.4) is 0 Å². The molecule has 0 aromatic heterocycles. The molecular formula is C31H44N6O7. The Morgan fingerprint density at radius 3 is 2.07 bits per heavy atom. The summed E-state index contributed by atoms with van der Waals surface area (Å²) in [5, 5.41) is 13.2. The lowest BCUT2D eigenvalue weighted by molar-refractivity contribution is -0.128. The molecule has 2 aromatic carbocycles. The number of carbonyl (C=O) groups excluding carboxylic acids is 5. The summed E-state index contributed by atoms with van der Waals surface area (Å²) in [6, 6.07) is 13.5. The van der Waals surface area contributed by atoms with E-state index in [1.807, 2.05) is 30.3 Å². The summed E-state index contributed by atoms with van der Waals surface area (Å²) in [6.07, 6.45) is -0.783. The number of hydrogen-bond donors (Lipinski definition) is 6. The molecule has 0 aliphatic heterocycles. The Kier molecular flexibility index (Phi) is 13.9. The lowest BCUT2D eigenvalue weighted by atomic mass is 10.0. The third-order valence-corrected chi connectivity index (χ3v) is 6.09. The third kappa shape index (κ3) is 13.9. The van der Waals surface area contributed by atoms with E-state index in [4.69, 9.17) is 15.2 Å². The molecule has 0 saturated heterocycles. The van der Waals surface area contributed by atoms with Gasteiger partial charge >= 0.3 is 18.2 Å². The van der Waals surface area contributed by atoms with Gasteiger partial charge in [-0.05, 0) is 62.8 Å². The zero-order valence-corrected chi connectivity index (χ0v) is 25.9. The summed E-state index contributed by atoms with van der Waals surface area (Å²) in [5.74, 6) is -1.36. The highest BCUT2D eigenvalue weighted by molar-refractivity contribution is 5.98. The standard InChI is InChI=1S/C31H44N6O7/c1-20(2)25(37-30(42)44-31(3,4)5)27(39)36-24(12-9-17-33-28(32)40)26(38)35-23-15-13-21(14-16-23)18-34-29(41)43-19-22-10-7-6-8-11-22/h6-8,10-11,13-16,20,24-25H,9,12,17-19H2,1-5H3,(H,34,41)(H,35,38)(H,36,39)(H,37,42)(H3,32,33,40)/t24-,25-/m0/s1. The average Bonchev–Trinajstić information content (AvgIpc) is 2.95. The molecule has 240 valence electrons. The van der Waals surface area contributed by atoms with Gasteiger partial charge in [-0.1, -0.05) is 56.3 Å². The number of rotatable bonds is 14. The molecule has 0 spiro atoms. The van der Waals surface area contributed by atoms with Crippen LogP contribution in [0.5, 0.6) is 0 Å². The van der Waals surface area contributed by atoms with Crippen LogP contribution in [0, 0.1) is 5.92 Å². The molecule has 6 amide bonds. The number of carbonyl (C=O) groups is 5. The van der Waals surface area contributed by atoms with Gasteiger partial charge in [0.1, 0.15) is 24.3 Å². The van der Waals surface area contributed by atoms with E-state index in [1.54, 1.807) is 58.9 Å². The number of anilines is 1. The van der Waals surface area contributed by atoms with Crippen molar-refractivity contribution in [1.82, 2.24) is 21.3 Å². The Morgan fingerprint density at radius 1 is 0.818 bits per heavy atom. The van der Waals surface area contributed by atoms with Crippen LogP contribution in [0.1, 0.15) is 58.6 Å². The molecule has 0 heterocycles. The summed E-state index contributed by atoms with van der Waals surface area (Å²) in [5.41, 5.74) is 6.48. The third-order valence-electron chi connectivity index (χ3n) is 6.09. The van der Waals surface area contributed by atoms with Crippen molar-refractivity contribution in [2.45, 2.75) is 78.3 Å². The van der Waals surface area contributed by atoms with E-state index >= 15 is 0 Å². The predicted octanol–water partition coefficient (Wildman–Crippen LogP) is 3.53. The molecule has 13 heteroatoms. The molecule has 0 bridgehead atoms. The summed E-state index contributed by atoms with van der Waals surface area (Å²) >= 11 is 0. The maximum atomic E-state index is 13.2. The SMILES string of the molecule is CC(C)[C@H](NC(=O)OC(C)(C)C)C(=O)N[C@@H](CCCNC(N)=O)C(=O)Nc1ccc(CNC(=O)OCc2ccccc2)cc1. The van der Waals surface area contributed by atoms with Crippen molar-refractivity contribution in [1.29, 1.82) is 0 Å². The zero-order valence-electron chi connectivity index (χ0n) is 25.9. The molecule has 2 atom stereocenters. The second-order valence-electron chi connectivity index (χ2n) is 11.5. The van der Waals surface area contributed by atoms with Gasteiger partial charge in [0.05, 0.1) is 0 Å². The Bertz CT molecular complexity index is 1250. The minimum atomic E-state index is -0.986. The zero-order chi connectivity index (χ0) is 32.7. The topological polar surface area (TPSA) is 190 Å². The number of amides is 6. The highest BCUT2D eigenvalue weighted by atomic mass is 16.6. The molecule has 44 heavy (non-hydrogen) atoms. The second-order valence-corrected chi connectivity index (χ2v) is 11.5. The van der Waals surface area contributed by atoms with Crippen molar-refractivity contribution in [3.8, 4) is 0 Å².